The molecule has 0 saturated carbocycles. The van der Waals surface area contributed by atoms with Crippen molar-refractivity contribution in [3.8, 4) is 0 Å². The van der Waals surface area contributed by atoms with Crippen LogP contribution in [0.15, 0.2) is 24.3 Å². The van der Waals surface area contributed by atoms with Crippen molar-refractivity contribution in [2.45, 2.75) is 26.9 Å². The molecular weight excluding hydrogens is 233 g/mol. The van der Waals surface area contributed by atoms with E-state index in [0.717, 1.165) is 0 Å². The van der Waals surface area contributed by atoms with Crippen LogP contribution in [0.3, 0.4) is 0 Å². The summed E-state index contributed by atoms with van der Waals surface area (Å²) in [5, 5.41) is 0. The van der Waals surface area contributed by atoms with Gasteiger partial charge in [-0.2, -0.15) is 0 Å². The third-order valence-electron chi connectivity index (χ3n) is 2.76. The van der Waals surface area contributed by atoms with E-state index in [9.17, 15) is 9.18 Å². The minimum absolute atomic E-state index is 0.00430. The summed E-state index contributed by atoms with van der Waals surface area (Å²) in [6, 6.07) is 6.52. The van der Waals surface area contributed by atoms with Crippen molar-refractivity contribution in [2.75, 3.05) is 19.7 Å². The number of carbonyl (C=O) groups excluding carboxylic acids is 1. The summed E-state index contributed by atoms with van der Waals surface area (Å²) in [4.78, 5) is 12.9. The summed E-state index contributed by atoms with van der Waals surface area (Å²) in [5.41, 5.74) is 0.522. The van der Waals surface area contributed by atoms with Gasteiger partial charge in [0.1, 0.15) is 11.9 Å². The fourth-order valence-corrected chi connectivity index (χ4v) is 1.86. The molecule has 1 amide bonds. The molecule has 0 bridgehead atoms. The van der Waals surface area contributed by atoms with E-state index >= 15 is 0 Å². The molecule has 0 N–H and O–H groups in total. The summed E-state index contributed by atoms with van der Waals surface area (Å²) >= 11 is 0. The lowest BCUT2D eigenvalue weighted by Gasteiger charge is -2.32. The maximum absolute atomic E-state index is 13.5. The molecule has 1 aliphatic heterocycles. The molecule has 1 heterocycles. The van der Waals surface area contributed by atoms with Crippen LogP contribution in [-0.4, -0.2) is 30.5 Å². The van der Waals surface area contributed by atoms with Crippen LogP contribution < -0.4 is 0 Å². The highest BCUT2D eigenvalue weighted by atomic mass is 19.1. The highest BCUT2D eigenvalue weighted by Crippen LogP contribution is 2.24. The van der Waals surface area contributed by atoms with Crippen LogP contribution in [0.25, 0.3) is 0 Å². The van der Waals surface area contributed by atoms with E-state index in [4.69, 9.17) is 4.74 Å². The van der Waals surface area contributed by atoms with Gasteiger partial charge in [0.15, 0.2) is 0 Å². The van der Waals surface area contributed by atoms with Gasteiger partial charge in [0.05, 0.1) is 13.2 Å². The van der Waals surface area contributed by atoms with Crippen molar-refractivity contribution in [1.82, 2.24) is 4.90 Å². The van der Waals surface area contributed by atoms with E-state index in [2.05, 4.69) is 0 Å². The largest absolute Gasteiger partial charge is 0.370 e. The van der Waals surface area contributed by atoms with Crippen molar-refractivity contribution >= 4 is 5.91 Å². The van der Waals surface area contributed by atoms with Crippen molar-refractivity contribution < 1.29 is 13.9 Å². The summed E-state index contributed by atoms with van der Waals surface area (Å²) in [6.45, 7) is 6.98. The van der Waals surface area contributed by atoms with E-state index in [0.29, 0.717) is 25.3 Å². The van der Waals surface area contributed by atoms with Gasteiger partial charge in [-0.3, -0.25) is 4.79 Å². The van der Waals surface area contributed by atoms with Crippen LogP contribution in [0.4, 0.5) is 4.39 Å². The summed E-state index contributed by atoms with van der Waals surface area (Å²) in [7, 11) is 0. The Hall–Kier alpha value is -1.42. The van der Waals surface area contributed by atoms with E-state index in [1.165, 1.54) is 13.0 Å². The molecule has 1 aromatic carbocycles. The maximum Gasteiger partial charge on any atom is 0.219 e. The molecule has 2 rings (SSSR count). The molecule has 100 valence electrons. The predicted octanol–water partition coefficient (Wildman–Crippen LogP) is 2.77. The number of carbonyl (C=O) groups is 1. The third kappa shape index (κ3) is 3.53. The Bertz CT molecular complexity index is 395. The first-order valence-corrected chi connectivity index (χ1v) is 6.30. The number of morpholine rings is 1. The molecule has 18 heavy (non-hydrogen) atoms. The predicted molar refractivity (Wildman–Crippen MR) is 68.7 cm³/mol. The minimum atomic E-state index is -0.348. The van der Waals surface area contributed by atoms with Crippen LogP contribution in [-0.2, 0) is 9.53 Å². The molecule has 1 aromatic rings. The molecule has 1 unspecified atom stereocenters. The zero-order valence-corrected chi connectivity index (χ0v) is 11.1. The highest BCUT2D eigenvalue weighted by molar-refractivity contribution is 5.73. The van der Waals surface area contributed by atoms with Crippen LogP contribution in [0.1, 0.15) is 32.4 Å². The third-order valence-corrected chi connectivity index (χ3v) is 2.76. The van der Waals surface area contributed by atoms with E-state index < -0.39 is 0 Å². The monoisotopic (exact) mass is 253 g/mol. The van der Waals surface area contributed by atoms with Crippen molar-refractivity contribution in [2.24, 2.45) is 0 Å². The van der Waals surface area contributed by atoms with Crippen LogP contribution >= 0.6 is 0 Å². The minimum Gasteiger partial charge on any atom is -0.370 e. The Labute approximate surface area is 108 Å². The molecule has 3 nitrogen and oxygen atoms in total. The molecule has 0 aliphatic carbocycles. The second kappa shape index (κ2) is 7.11. The van der Waals surface area contributed by atoms with Crippen molar-refractivity contribution in [3.63, 3.8) is 0 Å². The van der Waals surface area contributed by atoms with E-state index in [1.54, 1.807) is 23.1 Å². The lowest BCUT2D eigenvalue weighted by Crippen LogP contribution is -2.41. The fraction of sp³-hybridized carbons (Fsp3) is 0.500. The second-order valence-electron chi connectivity index (χ2n) is 3.85. The van der Waals surface area contributed by atoms with Gasteiger partial charge in [0.2, 0.25) is 5.91 Å². The number of halogens is 1. The van der Waals surface area contributed by atoms with Gasteiger partial charge in [-0.05, 0) is 6.07 Å². The number of hydrogen-bond acceptors (Lipinski definition) is 2. The fourth-order valence-electron chi connectivity index (χ4n) is 1.86. The summed E-state index contributed by atoms with van der Waals surface area (Å²) in [5.74, 6) is -0.275. The number of amides is 1. The molecule has 1 fully saturated rings. The Balaban J connectivity index is 0.000000771. The SMILES string of the molecule is CC.CC(=O)N1CCOC(c2ccccc2F)C1. The lowest BCUT2D eigenvalue weighted by molar-refractivity contribution is -0.136. The topological polar surface area (TPSA) is 29.5 Å². The molecule has 1 aliphatic rings. The van der Waals surface area contributed by atoms with Gasteiger partial charge in [0, 0.05) is 19.0 Å². The first-order chi connectivity index (χ1) is 8.68. The number of hydrogen-bond donors (Lipinski definition) is 0. The first kappa shape index (κ1) is 14.6. The average molecular weight is 253 g/mol. The molecule has 4 heteroatoms. The smallest absolute Gasteiger partial charge is 0.219 e. The average Bonchev–Trinajstić information content (AvgIpc) is 2.42. The zero-order valence-electron chi connectivity index (χ0n) is 11.1. The molecule has 0 aromatic heterocycles. The molecule has 1 saturated heterocycles. The number of rotatable bonds is 1. The van der Waals surface area contributed by atoms with Gasteiger partial charge < -0.3 is 9.64 Å². The van der Waals surface area contributed by atoms with Crippen molar-refractivity contribution in [1.29, 1.82) is 0 Å². The van der Waals surface area contributed by atoms with Gasteiger partial charge in [-0.15, -0.1) is 0 Å². The molecular formula is C14H20FNO2. The standard InChI is InChI=1S/C12H14FNO2.C2H6/c1-9(15)14-6-7-16-12(8-14)10-4-2-3-5-11(10)13;1-2/h2-5,12H,6-8H2,1H3;1-2H3. The van der Waals surface area contributed by atoms with Crippen molar-refractivity contribution in [3.05, 3.63) is 35.6 Å². The van der Waals surface area contributed by atoms with Crippen LogP contribution in [0.2, 0.25) is 0 Å². The van der Waals surface area contributed by atoms with Gasteiger partial charge in [-0.1, -0.05) is 32.0 Å². The number of ether oxygens (including phenoxy) is 1. The number of nitrogens with zero attached hydrogens (tertiary/aromatic N) is 1. The quantitative estimate of drug-likeness (QED) is 0.770. The summed E-state index contributed by atoms with van der Waals surface area (Å²) < 4.78 is 19.0. The Morgan fingerprint density at radius 3 is 2.67 bits per heavy atom. The van der Waals surface area contributed by atoms with Crippen LogP contribution in [0, 0.1) is 5.82 Å². The first-order valence-electron chi connectivity index (χ1n) is 6.30. The molecule has 0 radical (unpaired) electrons. The van der Waals surface area contributed by atoms with E-state index in [1.807, 2.05) is 13.8 Å². The van der Waals surface area contributed by atoms with Gasteiger partial charge in [0.25, 0.3) is 0 Å². The molecule has 0 spiro atoms. The van der Waals surface area contributed by atoms with E-state index in [-0.39, 0.29) is 17.8 Å². The van der Waals surface area contributed by atoms with Crippen LogP contribution in [0.5, 0.6) is 0 Å². The Morgan fingerprint density at radius 2 is 2.06 bits per heavy atom. The van der Waals surface area contributed by atoms with Gasteiger partial charge >= 0.3 is 0 Å². The zero-order chi connectivity index (χ0) is 13.5. The lowest BCUT2D eigenvalue weighted by atomic mass is 10.1. The Kier molecular flexibility index (Phi) is 5.78. The molecule has 1 atom stereocenters. The highest BCUT2D eigenvalue weighted by Gasteiger charge is 2.25. The number of benzene rings is 1. The normalized spacial score (nSPS) is 18.9. The van der Waals surface area contributed by atoms with Gasteiger partial charge in [-0.25, -0.2) is 4.39 Å². The Morgan fingerprint density at radius 1 is 1.39 bits per heavy atom. The summed E-state index contributed by atoms with van der Waals surface area (Å²) in [6.07, 6.45) is -0.348. The maximum atomic E-state index is 13.5. The second-order valence-corrected chi connectivity index (χ2v) is 3.85.